The third-order valence-electron chi connectivity index (χ3n) is 3.01. The Morgan fingerprint density at radius 3 is 2.53 bits per heavy atom. The number of aromatic nitrogens is 1. The zero-order valence-corrected chi connectivity index (χ0v) is 10.2. The molecule has 1 aliphatic rings. The predicted octanol–water partition coefficient (Wildman–Crippen LogP) is 1.89. The highest BCUT2D eigenvalue weighted by atomic mass is 16.5. The molecule has 2 heterocycles. The minimum absolute atomic E-state index is 0.318. The maximum atomic E-state index is 12.3. The number of imide groups is 1. The zero-order valence-electron chi connectivity index (χ0n) is 10.2. The molecule has 0 saturated heterocycles. The second kappa shape index (κ2) is 4.20. The van der Waals surface area contributed by atoms with E-state index in [1.54, 1.807) is 30.3 Å². The smallest absolute Gasteiger partial charge is 0.267 e. The highest BCUT2D eigenvalue weighted by Crippen LogP contribution is 2.33. The Balaban J connectivity index is 2.14. The Hall–Kier alpha value is -2.69. The van der Waals surface area contributed by atoms with E-state index < -0.39 is 0 Å². The molecule has 2 aromatic rings. The standard InChI is InChI=1S/C14H10N2O3/c1-19-12-5-3-2-4-11(12)16-13(17)9-6-7-15-8-10(9)14(16)18/h2-8H,1H3. The van der Waals surface area contributed by atoms with Crippen LogP contribution in [0.15, 0.2) is 42.7 Å². The summed E-state index contributed by atoms with van der Waals surface area (Å²) in [5, 5.41) is 0. The molecule has 0 radical (unpaired) electrons. The lowest BCUT2D eigenvalue weighted by atomic mass is 10.2. The second-order valence-corrected chi connectivity index (χ2v) is 4.04. The minimum atomic E-state index is -0.377. The lowest BCUT2D eigenvalue weighted by Gasteiger charge is -2.16. The number of anilines is 1. The van der Waals surface area contributed by atoms with Gasteiger partial charge in [-0.1, -0.05) is 12.1 Å². The molecule has 5 heteroatoms. The molecule has 0 saturated carbocycles. The van der Waals surface area contributed by atoms with E-state index in [2.05, 4.69) is 4.98 Å². The molecule has 3 rings (SSSR count). The lowest BCUT2D eigenvalue weighted by molar-refractivity contribution is 0.0925. The van der Waals surface area contributed by atoms with Gasteiger partial charge in [0, 0.05) is 12.4 Å². The number of hydrogen-bond acceptors (Lipinski definition) is 4. The summed E-state index contributed by atoms with van der Waals surface area (Å²) in [6.45, 7) is 0. The van der Waals surface area contributed by atoms with Crippen molar-refractivity contribution in [2.75, 3.05) is 12.0 Å². The van der Waals surface area contributed by atoms with Crippen LogP contribution in [0.2, 0.25) is 0 Å². The topological polar surface area (TPSA) is 59.5 Å². The number of benzene rings is 1. The van der Waals surface area contributed by atoms with Gasteiger partial charge in [0.15, 0.2) is 0 Å². The summed E-state index contributed by atoms with van der Waals surface area (Å²) in [5.41, 5.74) is 1.13. The Kier molecular flexibility index (Phi) is 2.52. The van der Waals surface area contributed by atoms with Gasteiger partial charge in [-0.25, -0.2) is 4.90 Å². The average molecular weight is 254 g/mol. The van der Waals surface area contributed by atoms with Gasteiger partial charge in [-0.3, -0.25) is 14.6 Å². The summed E-state index contributed by atoms with van der Waals surface area (Å²) in [4.78, 5) is 29.6. The third-order valence-corrected chi connectivity index (χ3v) is 3.01. The molecule has 0 bridgehead atoms. The first kappa shape index (κ1) is 11.4. The van der Waals surface area contributed by atoms with Gasteiger partial charge in [-0.2, -0.15) is 0 Å². The molecular formula is C14H10N2O3. The van der Waals surface area contributed by atoms with E-state index in [0.29, 0.717) is 22.6 Å². The third kappa shape index (κ3) is 1.59. The van der Waals surface area contributed by atoms with Crippen molar-refractivity contribution in [2.45, 2.75) is 0 Å². The first-order valence-electron chi connectivity index (χ1n) is 5.70. The van der Waals surface area contributed by atoms with Crippen molar-refractivity contribution in [2.24, 2.45) is 0 Å². The Morgan fingerprint density at radius 1 is 1.05 bits per heavy atom. The van der Waals surface area contributed by atoms with Gasteiger partial charge in [-0.15, -0.1) is 0 Å². The molecule has 0 atom stereocenters. The largest absolute Gasteiger partial charge is 0.495 e. The van der Waals surface area contributed by atoms with Gasteiger partial charge in [0.05, 0.1) is 23.9 Å². The van der Waals surface area contributed by atoms with Crippen molar-refractivity contribution in [1.29, 1.82) is 0 Å². The number of carbonyl (C=O) groups excluding carboxylic acids is 2. The molecule has 0 spiro atoms. The molecule has 0 unspecified atom stereocenters. The van der Waals surface area contributed by atoms with E-state index in [0.717, 1.165) is 4.90 Å². The van der Waals surface area contributed by atoms with Crippen LogP contribution in [0.3, 0.4) is 0 Å². The summed E-state index contributed by atoms with van der Waals surface area (Å²) in [5.74, 6) is -0.255. The molecule has 0 fully saturated rings. The molecule has 1 aromatic carbocycles. The van der Waals surface area contributed by atoms with Crippen LogP contribution in [0.1, 0.15) is 20.7 Å². The van der Waals surface area contributed by atoms with E-state index in [-0.39, 0.29) is 11.8 Å². The number of hydrogen-bond donors (Lipinski definition) is 0. The van der Waals surface area contributed by atoms with Gasteiger partial charge in [0.2, 0.25) is 0 Å². The maximum absolute atomic E-state index is 12.3. The summed E-state index contributed by atoms with van der Waals surface area (Å²) >= 11 is 0. The monoisotopic (exact) mass is 254 g/mol. The van der Waals surface area contributed by atoms with Crippen LogP contribution < -0.4 is 9.64 Å². The van der Waals surface area contributed by atoms with Gasteiger partial charge >= 0.3 is 0 Å². The lowest BCUT2D eigenvalue weighted by Crippen LogP contribution is -2.29. The first-order chi connectivity index (χ1) is 9.24. The highest BCUT2D eigenvalue weighted by Gasteiger charge is 2.37. The van der Waals surface area contributed by atoms with E-state index >= 15 is 0 Å². The summed E-state index contributed by atoms with van der Waals surface area (Å²) in [6, 6.07) is 8.46. The number of para-hydroxylation sites is 2. The number of pyridine rings is 1. The molecule has 19 heavy (non-hydrogen) atoms. The number of carbonyl (C=O) groups is 2. The molecule has 2 amide bonds. The Labute approximate surface area is 109 Å². The quantitative estimate of drug-likeness (QED) is 0.768. The Bertz CT molecular complexity index is 647. The van der Waals surface area contributed by atoms with E-state index in [1.165, 1.54) is 19.5 Å². The molecular weight excluding hydrogens is 244 g/mol. The molecule has 0 aliphatic carbocycles. The molecule has 1 aliphatic heterocycles. The van der Waals surface area contributed by atoms with Crippen molar-refractivity contribution in [3.05, 3.63) is 53.9 Å². The number of rotatable bonds is 2. The van der Waals surface area contributed by atoms with Gasteiger partial charge < -0.3 is 4.74 Å². The van der Waals surface area contributed by atoms with Crippen LogP contribution >= 0.6 is 0 Å². The van der Waals surface area contributed by atoms with E-state index in [9.17, 15) is 9.59 Å². The zero-order chi connectivity index (χ0) is 13.4. The molecule has 0 N–H and O–H groups in total. The van der Waals surface area contributed by atoms with Crippen LogP contribution in [0.4, 0.5) is 5.69 Å². The highest BCUT2D eigenvalue weighted by molar-refractivity contribution is 6.34. The fourth-order valence-electron chi connectivity index (χ4n) is 2.12. The number of fused-ring (bicyclic) bond motifs is 1. The second-order valence-electron chi connectivity index (χ2n) is 4.04. The van der Waals surface area contributed by atoms with Crippen molar-refractivity contribution in [3.8, 4) is 5.75 Å². The average Bonchev–Trinajstić information content (AvgIpc) is 2.71. The molecule has 1 aromatic heterocycles. The minimum Gasteiger partial charge on any atom is -0.495 e. The summed E-state index contributed by atoms with van der Waals surface area (Å²) < 4.78 is 5.19. The van der Waals surface area contributed by atoms with Crippen molar-refractivity contribution < 1.29 is 14.3 Å². The summed E-state index contributed by atoms with van der Waals surface area (Å²) in [6.07, 6.45) is 2.90. The van der Waals surface area contributed by atoms with Gasteiger partial charge in [-0.05, 0) is 18.2 Å². The SMILES string of the molecule is COc1ccccc1N1C(=O)c2ccncc2C1=O. The maximum Gasteiger partial charge on any atom is 0.267 e. The Morgan fingerprint density at radius 2 is 1.79 bits per heavy atom. The normalized spacial score (nSPS) is 13.6. The van der Waals surface area contributed by atoms with Crippen molar-refractivity contribution >= 4 is 17.5 Å². The fraction of sp³-hybridized carbons (Fsp3) is 0.0714. The van der Waals surface area contributed by atoms with Gasteiger partial charge in [0.25, 0.3) is 11.8 Å². The first-order valence-corrected chi connectivity index (χ1v) is 5.70. The van der Waals surface area contributed by atoms with Crippen LogP contribution in [-0.2, 0) is 0 Å². The van der Waals surface area contributed by atoms with Crippen LogP contribution in [0.25, 0.3) is 0 Å². The van der Waals surface area contributed by atoms with Crippen molar-refractivity contribution in [3.63, 3.8) is 0 Å². The predicted molar refractivity (Wildman–Crippen MR) is 68.4 cm³/mol. The van der Waals surface area contributed by atoms with E-state index in [1.807, 2.05) is 0 Å². The molecule has 94 valence electrons. The number of methoxy groups -OCH3 is 1. The van der Waals surface area contributed by atoms with Crippen LogP contribution in [0, 0.1) is 0 Å². The fourth-order valence-corrected chi connectivity index (χ4v) is 2.12. The molecule has 5 nitrogen and oxygen atoms in total. The number of ether oxygens (including phenoxy) is 1. The number of nitrogens with zero attached hydrogens (tertiary/aromatic N) is 2. The van der Waals surface area contributed by atoms with Crippen LogP contribution in [-0.4, -0.2) is 23.9 Å². The van der Waals surface area contributed by atoms with Gasteiger partial charge in [0.1, 0.15) is 5.75 Å². The van der Waals surface area contributed by atoms with E-state index in [4.69, 9.17) is 4.74 Å². The van der Waals surface area contributed by atoms with Crippen LogP contribution in [0.5, 0.6) is 5.75 Å². The van der Waals surface area contributed by atoms with Crippen molar-refractivity contribution in [1.82, 2.24) is 4.98 Å². The summed E-state index contributed by atoms with van der Waals surface area (Å²) in [7, 11) is 1.50. The number of amides is 2.